The molecule has 0 heterocycles. The van der Waals surface area contributed by atoms with E-state index in [9.17, 15) is 14.7 Å². The van der Waals surface area contributed by atoms with Gasteiger partial charge in [0.15, 0.2) is 0 Å². The number of aryl methyl sites for hydroxylation is 1. The highest BCUT2D eigenvalue weighted by molar-refractivity contribution is 6.04. The molecular formula is C39H59NO4. The molecular weight excluding hydrogens is 546 g/mol. The number of carbonyl (C=O) groups is 2. The van der Waals surface area contributed by atoms with Gasteiger partial charge in [-0.3, -0.25) is 4.90 Å². The first-order chi connectivity index (χ1) is 21.5. The van der Waals surface area contributed by atoms with Crippen LogP contribution in [-0.2, 0) is 24.0 Å². The zero-order valence-electron chi connectivity index (χ0n) is 28.2. The molecule has 0 amide bonds. The van der Waals surface area contributed by atoms with Crippen LogP contribution in [0.25, 0.3) is 0 Å². The SMILES string of the molecule is CCCCCCCCc1ccc(C(=O)OC2c3ccccc3CC2N(CCC)CCC)c(C(=O)O)c1CCCCCCCC. The number of esters is 1. The predicted molar refractivity (Wildman–Crippen MR) is 182 cm³/mol. The van der Waals surface area contributed by atoms with Crippen molar-refractivity contribution in [2.24, 2.45) is 0 Å². The third-order valence-corrected chi connectivity index (χ3v) is 9.29. The number of hydrogen-bond donors (Lipinski definition) is 1. The lowest BCUT2D eigenvalue weighted by atomic mass is 9.89. The number of carboxylic acid groups (broad SMARTS) is 1. The Morgan fingerprint density at radius 2 is 1.34 bits per heavy atom. The van der Waals surface area contributed by atoms with Gasteiger partial charge in [-0.1, -0.05) is 122 Å². The predicted octanol–water partition coefficient (Wildman–Crippen LogP) is 10.1. The Bertz CT molecular complexity index is 1150. The van der Waals surface area contributed by atoms with E-state index in [1.165, 1.54) is 56.9 Å². The quantitative estimate of drug-likeness (QED) is 0.107. The average molecular weight is 606 g/mol. The maximum Gasteiger partial charge on any atom is 0.339 e. The largest absolute Gasteiger partial charge is 0.478 e. The lowest BCUT2D eigenvalue weighted by Crippen LogP contribution is -2.40. The van der Waals surface area contributed by atoms with Crippen LogP contribution in [0.5, 0.6) is 0 Å². The Labute approximate surface area is 267 Å². The number of benzene rings is 2. The molecule has 0 radical (unpaired) electrons. The van der Waals surface area contributed by atoms with Crippen LogP contribution in [-0.4, -0.2) is 41.1 Å². The molecule has 2 aromatic carbocycles. The summed E-state index contributed by atoms with van der Waals surface area (Å²) in [6, 6.07) is 12.0. The molecule has 0 aromatic heterocycles. The molecule has 5 heteroatoms. The van der Waals surface area contributed by atoms with Crippen LogP contribution in [0.2, 0.25) is 0 Å². The summed E-state index contributed by atoms with van der Waals surface area (Å²) in [5, 5.41) is 10.5. The molecule has 0 saturated heterocycles. The Kier molecular flexibility index (Phi) is 16.0. The lowest BCUT2D eigenvalue weighted by molar-refractivity contribution is 0.00223. The molecule has 1 N–H and O–H groups in total. The van der Waals surface area contributed by atoms with Crippen LogP contribution in [0.15, 0.2) is 36.4 Å². The summed E-state index contributed by atoms with van der Waals surface area (Å²) < 4.78 is 6.36. The van der Waals surface area contributed by atoms with Gasteiger partial charge in [0.25, 0.3) is 0 Å². The summed E-state index contributed by atoms with van der Waals surface area (Å²) >= 11 is 0. The summed E-state index contributed by atoms with van der Waals surface area (Å²) in [6.07, 6.45) is 18.0. The van der Waals surface area contributed by atoms with Crippen LogP contribution in [0.4, 0.5) is 0 Å². The number of fused-ring (bicyclic) bond motifs is 1. The number of aromatic carboxylic acids is 1. The standard InChI is InChI=1S/C39H59NO4/c1-5-9-11-13-15-17-21-30-25-26-34(36(38(41)42)32(30)23-18-16-14-12-10-6-2)39(43)44-37-33-24-20-19-22-31(33)29-35(37)40(27-7-3)28-8-4/h19-20,22,24-26,35,37H,5-18,21,23,27-29H2,1-4H3,(H,41,42). The van der Waals surface area contributed by atoms with Gasteiger partial charge >= 0.3 is 11.9 Å². The van der Waals surface area contributed by atoms with Gasteiger partial charge in [0.05, 0.1) is 17.2 Å². The third-order valence-electron chi connectivity index (χ3n) is 9.29. The monoisotopic (exact) mass is 605 g/mol. The molecule has 1 aliphatic carbocycles. The number of rotatable bonds is 22. The van der Waals surface area contributed by atoms with Crippen molar-refractivity contribution in [3.05, 3.63) is 69.8 Å². The summed E-state index contributed by atoms with van der Waals surface area (Å²) in [4.78, 5) is 29.3. The lowest BCUT2D eigenvalue weighted by Gasteiger charge is -2.32. The number of ether oxygens (including phenoxy) is 1. The van der Waals surface area contributed by atoms with Crippen LogP contribution in [0, 0.1) is 0 Å². The third kappa shape index (κ3) is 10.2. The van der Waals surface area contributed by atoms with Gasteiger partial charge in [-0.05, 0) is 86.4 Å². The summed E-state index contributed by atoms with van der Waals surface area (Å²) in [5.74, 6) is -1.54. The van der Waals surface area contributed by atoms with Crippen LogP contribution >= 0.6 is 0 Å². The Hall–Kier alpha value is -2.66. The topological polar surface area (TPSA) is 66.8 Å². The van der Waals surface area contributed by atoms with E-state index in [0.717, 1.165) is 81.1 Å². The fourth-order valence-corrected chi connectivity index (χ4v) is 7.00. The first-order valence-corrected chi connectivity index (χ1v) is 17.9. The highest BCUT2D eigenvalue weighted by atomic mass is 16.5. The van der Waals surface area contributed by atoms with Crippen molar-refractivity contribution in [2.75, 3.05) is 13.1 Å². The normalized spacial score (nSPS) is 15.9. The number of nitrogens with zero attached hydrogens (tertiary/aromatic N) is 1. The second-order valence-corrected chi connectivity index (χ2v) is 12.8. The Morgan fingerprint density at radius 3 is 1.95 bits per heavy atom. The average Bonchev–Trinajstić information content (AvgIpc) is 3.38. The smallest absolute Gasteiger partial charge is 0.339 e. The first kappa shape index (κ1) is 35.8. The van der Waals surface area contributed by atoms with Crippen molar-refractivity contribution < 1.29 is 19.4 Å². The van der Waals surface area contributed by atoms with Crippen LogP contribution < -0.4 is 0 Å². The summed E-state index contributed by atoms with van der Waals surface area (Å²) in [5.41, 5.74) is 4.55. The van der Waals surface area contributed by atoms with Gasteiger partial charge in [0.2, 0.25) is 0 Å². The molecule has 0 fully saturated rings. The Balaban J connectivity index is 1.89. The minimum Gasteiger partial charge on any atom is -0.478 e. The van der Waals surface area contributed by atoms with E-state index < -0.39 is 18.0 Å². The molecule has 0 saturated carbocycles. The van der Waals surface area contributed by atoms with Crippen molar-refractivity contribution in [3.63, 3.8) is 0 Å². The maximum absolute atomic E-state index is 14.0. The molecule has 1 aliphatic rings. The maximum atomic E-state index is 14.0. The van der Waals surface area contributed by atoms with Crippen molar-refractivity contribution in [3.8, 4) is 0 Å². The van der Waals surface area contributed by atoms with E-state index in [0.29, 0.717) is 6.42 Å². The molecule has 0 aliphatic heterocycles. The molecule has 244 valence electrons. The molecule has 2 aromatic rings. The molecule has 2 unspecified atom stereocenters. The van der Waals surface area contributed by atoms with E-state index in [-0.39, 0.29) is 17.2 Å². The van der Waals surface area contributed by atoms with Crippen molar-refractivity contribution in [1.82, 2.24) is 4.90 Å². The van der Waals surface area contributed by atoms with Gasteiger partial charge in [-0.25, -0.2) is 9.59 Å². The van der Waals surface area contributed by atoms with E-state index in [2.05, 4.69) is 44.7 Å². The van der Waals surface area contributed by atoms with E-state index in [1.807, 2.05) is 18.2 Å². The number of carbonyl (C=O) groups excluding carboxylic acids is 1. The highest BCUT2D eigenvalue weighted by Crippen LogP contribution is 2.38. The van der Waals surface area contributed by atoms with Crippen molar-refractivity contribution >= 4 is 11.9 Å². The zero-order chi connectivity index (χ0) is 31.7. The highest BCUT2D eigenvalue weighted by Gasteiger charge is 2.39. The van der Waals surface area contributed by atoms with Gasteiger partial charge in [0.1, 0.15) is 6.10 Å². The molecule has 3 rings (SSSR count). The second kappa shape index (κ2) is 19.7. The van der Waals surface area contributed by atoms with E-state index in [1.54, 1.807) is 6.07 Å². The summed E-state index contributed by atoms with van der Waals surface area (Å²) in [7, 11) is 0. The fourth-order valence-electron chi connectivity index (χ4n) is 7.00. The Morgan fingerprint density at radius 1 is 0.750 bits per heavy atom. The van der Waals surface area contributed by atoms with Crippen LogP contribution in [0.1, 0.15) is 167 Å². The molecule has 5 nitrogen and oxygen atoms in total. The van der Waals surface area contributed by atoms with Crippen molar-refractivity contribution in [2.45, 2.75) is 149 Å². The molecule has 0 spiro atoms. The zero-order valence-corrected chi connectivity index (χ0v) is 28.2. The minimum atomic E-state index is -1.02. The van der Waals surface area contributed by atoms with E-state index >= 15 is 0 Å². The van der Waals surface area contributed by atoms with Gasteiger partial charge in [-0.2, -0.15) is 0 Å². The fraction of sp³-hybridized carbons (Fsp3) is 0.641. The minimum absolute atomic E-state index is 0.0547. The van der Waals surface area contributed by atoms with Crippen molar-refractivity contribution in [1.29, 1.82) is 0 Å². The van der Waals surface area contributed by atoms with Gasteiger partial charge in [-0.15, -0.1) is 0 Å². The number of hydrogen-bond acceptors (Lipinski definition) is 4. The van der Waals surface area contributed by atoms with Crippen LogP contribution in [0.3, 0.4) is 0 Å². The van der Waals surface area contributed by atoms with Gasteiger partial charge in [0, 0.05) is 0 Å². The van der Waals surface area contributed by atoms with Gasteiger partial charge < -0.3 is 9.84 Å². The molecule has 0 bridgehead atoms. The number of carboxylic acids is 1. The van der Waals surface area contributed by atoms with E-state index in [4.69, 9.17) is 4.74 Å². The molecule has 44 heavy (non-hydrogen) atoms. The molecule has 2 atom stereocenters. The summed E-state index contributed by atoms with van der Waals surface area (Å²) in [6.45, 7) is 10.7. The second-order valence-electron chi connectivity index (χ2n) is 12.8. The first-order valence-electron chi connectivity index (χ1n) is 17.9. The number of unbranched alkanes of at least 4 members (excludes halogenated alkanes) is 10.